The van der Waals surface area contributed by atoms with Gasteiger partial charge in [-0.1, -0.05) is 12.1 Å². The van der Waals surface area contributed by atoms with Crippen molar-refractivity contribution in [3.05, 3.63) is 47.4 Å². The van der Waals surface area contributed by atoms with E-state index in [0.717, 1.165) is 4.90 Å². The maximum atomic E-state index is 12.1. The Labute approximate surface area is 116 Å². The van der Waals surface area contributed by atoms with Gasteiger partial charge in [0.1, 0.15) is 5.82 Å². The Hall–Kier alpha value is -2.38. The van der Waals surface area contributed by atoms with Crippen molar-refractivity contribution >= 4 is 11.8 Å². The Kier molecular flexibility index (Phi) is 4.02. The molecule has 1 aliphatic rings. The third kappa shape index (κ3) is 2.49. The van der Waals surface area contributed by atoms with Crippen molar-refractivity contribution in [2.75, 3.05) is 13.2 Å². The minimum Gasteiger partial charge on any atom is -0.396 e. The number of fused-ring (bicyclic) bond motifs is 1. The first-order chi connectivity index (χ1) is 9.56. The molecule has 20 heavy (non-hydrogen) atoms. The number of hydrogen-bond acceptors (Lipinski definition) is 6. The van der Waals surface area contributed by atoms with E-state index in [-0.39, 0.29) is 12.4 Å². The molecular formula is C13H16N4O3. The number of hydrazine groups is 1. The normalized spacial score (nSPS) is 14.7. The molecule has 0 unspecified atom stereocenters. The minimum absolute atomic E-state index is 0.00549. The standard InChI is InChI=1S/C13H16N4O3/c14-11(8-16(15)6-3-7-18)17-12(19)9-4-1-2-5-10(9)13(17)20/h1-2,4-5,8,18H,3,6-7,14-15H2/b11-8+. The molecule has 0 saturated heterocycles. The maximum Gasteiger partial charge on any atom is 0.267 e. The largest absolute Gasteiger partial charge is 0.396 e. The number of nitrogens with two attached hydrogens (primary N) is 2. The van der Waals surface area contributed by atoms with Gasteiger partial charge in [-0.2, -0.15) is 0 Å². The first-order valence-electron chi connectivity index (χ1n) is 6.13. The lowest BCUT2D eigenvalue weighted by Gasteiger charge is -2.18. The van der Waals surface area contributed by atoms with Crippen molar-refractivity contribution in [2.24, 2.45) is 11.6 Å². The molecule has 0 radical (unpaired) electrons. The summed E-state index contributed by atoms with van der Waals surface area (Å²) in [4.78, 5) is 25.2. The van der Waals surface area contributed by atoms with Crippen molar-refractivity contribution in [2.45, 2.75) is 6.42 Å². The van der Waals surface area contributed by atoms with Gasteiger partial charge in [0.05, 0.1) is 17.3 Å². The lowest BCUT2D eigenvalue weighted by atomic mass is 10.1. The zero-order valence-electron chi connectivity index (χ0n) is 10.8. The van der Waals surface area contributed by atoms with Gasteiger partial charge in [-0.25, -0.2) is 10.7 Å². The van der Waals surface area contributed by atoms with E-state index in [1.807, 2.05) is 0 Å². The summed E-state index contributed by atoms with van der Waals surface area (Å²) in [6.07, 6.45) is 1.76. The molecule has 1 aliphatic heterocycles. The summed E-state index contributed by atoms with van der Waals surface area (Å²) in [6, 6.07) is 6.53. The Morgan fingerprint density at radius 1 is 1.25 bits per heavy atom. The molecule has 2 rings (SSSR count). The Morgan fingerprint density at radius 3 is 2.30 bits per heavy atom. The predicted octanol–water partition coefficient (Wildman–Crippen LogP) is -0.402. The molecule has 0 atom stereocenters. The summed E-state index contributed by atoms with van der Waals surface area (Å²) < 4.78 is 0. The van der Waals surface area contributed by atoms with Gasteiger partial charge in [0, 0.05) is 13.2 Å². The average molecular weight is 276 g/mol. The van der Waals surface area contributed by atoms with E-state index >= 15 is 0 Å². The number of rotatable bonds is 5. The molecule has 0 aromatic heterocycles. The van der Waals surface area contributed by atoms with Crippen molar-refractivity contribution < 1.29 is 14.7 Å². The van der Waals surface area contributed by atoms with Crippen LogP contribution in [-0.4, -0.2) is 40.0 Å². The molecular weight excluding hydrogens is 260 g/mol. The Morgan fingerprint density at radius 2 is 1.80 bits per heavy atom. The zero-order chi connectivity index (χ0) is 14.7. The lowest BCUT2D eigenvalue weighted by molar-refractivity contribution is 0.0699. The summed E-state index contributed by atoms with van der Waals surface area (Å²) >= 11 is 0. The van der Waals surface area contributed by atoms with E-state index in [4.69, 9.17) is 16.7 Å². The predicted molar refractivity (Wildman–Crippen MR) is 71.8 cm³/mol. The van der Waals surface area contributed by atoms with Crippen molar-refractivity contribution in [3.8, 4) is 0 Å². The van der Waals surface area contributed by atoms with Crippen molar-refractivity contribution in [1.82, 2.24) is 9.91 Å². The first-order valence-corrected chi connectivity index (χ1v) is 6.13. The number of carbonyl (C=O) groups is 2. The summed E-state index contributed by atoms with van der Waals surface area (Å²) in [6.45, 7) is 0.356. The number of aliphatic hydroxyl groups is 1. The van der Waals surface area contributed by atoms with E-state index in [2.05, 4.69) is 0 Å². The van der Waals surface area contributed by atoms with E-state index < -0.39 is 11.8 Å². The van der Waals surface area contributed by atoms with Gasteiger partial charge >= 0.3 is 0 Å². The molecule has 1 heterocycles. The molecule has 106 valence electrons. The van der Waals surface area contributed by atoms with Gasteiger partial charge in [0.15, 0.2) is 0 Å². The number of nitrogens with zero attached hydrogens (tertiary/aromatic N) is 2. The first kappa shape index (κ1) is 14.0. The third-order valence-corrected chi connectivity index (χ3v) is 2.92. The quantitative estimate of drug-likeness (QED) is 0.383. The zero-order valence-corrected chi connectivity index (χ0v) is 10.8. The summed E-state index contributed by atoms with van der Waals surface area (Å²) in [5.74, 6) is 4.67. The topological polar surface area (TPSA) is 113 Å². The van der Waals surface area contributed by atoms with Crippen LogP contribution in [0.4, 0.5) is 0 Å². The summed E-state index contributed by atoms with van der Waals surface area (Å²) in [5, 5.41) is 9.94. The van der Waals surface area contributed by atoms with Crippen LogP contribution in [0.15, 0.2) is 36.3 Å². The maximum absolute atomic E-state index is 12.1. The third-order valence-electron chi connectivity index (χ3n) is 2.92. The van der Waals surface area contributed by atoms with Gasteiger partial charge < -0.3 is 15.8 Å². The number of imide groups is 1. The molecule has 1 aromatic rings. The highest BCUT2D eigenvalue weighted by Gasteiger charge is 2.36. The Balaban J connectivity index is 2.21. The highest BCUT2D eigenvalue weighted by molar-refractivity contribution is 6.22. The fourth-order valence-electron chi connectivity index (χ4n) is 1.97. The van der Waals surface area contributed by atoms with Crippen molar-refractivity contribution in [3.63, 3.8) is 0 Å². The fraction of sp³-hybridized carbons (Fsp3) is 0.231. The second-order valence-electron chi connectivity index (χ2n) is 4.36. The fourth-order valence-corrected chi connectivity index (χ4v) is 1.97. The molecule has 0 aliphatic carbocycles. The van der Waals surface area contributed by atoms with E-state index in [1.165, 1.54) is 11.2 Å². The second kappa shape index (κ2) is 5.72. The van der Waals surface area contributed by atoms with Crippen LogP contribution in [0.3, 0.4) is 0 Å². The van der Waals surface area contributed by atoms with Crippen LogP contribution in [0.1, 0.15) is 27.1 Å². The highest BCUT2D eigenvalue weighted by Crippen LogP contribution is 2.24. The molecule has 0 bridgehead atoms. The van der Waals surface area contributed by atoms with Crippen LogP contribution in [0.5, 0.6) is 0 Å². The molecule has 0 fully saturated rings. The van der Waals surface area contributed by atoms with Crippen LogP contribution in [0, 0.1) is 0 Å². The number of hydrogen-bond donors (Lipinski definition) is 3. The van der Waals surface area contributed by atoms with Crippen LogP contribution in [0.25, 0.3) is 0 Å². The van der Waals surface area contributed by atoms with Gasteiger partial charge in [-0.3, -0.25) is 9.59 Å². The lowest BCUT2D eigenvalue weighted by Crippen LogP contribution is -2.36. The number of aliphatic hydroxyl groups excluding tert-OH is 1. The second-order valence-corrected chi connectivity index (χ2v) is 4.36. The molecule has 1 aromatic carbocycles. The van der Waals surface area contributed by atoms with E-state index in [1.54, 1.807) is 24.3 Å². The molecule has 0 saturated carbocycles. The average Bonchev–Trinajstić information content (AvgIpc) is 2.69. The highest BCUT2D eigenvalue weighted by atomic mass is 16.3. The summed E-state index contributed by atoms with van der Waals surface area (Å²) in [7, 11) is 0. The molecule has 7 heteroatoms. The van der Waals surface area contributed by atoms with E-state index in [0.29, 0.717) is 24.1 Å². The molecule has 0 spiro atoms. The molecule has 2 amide bonds. The number of carbonyl (C=O) groups excluding carboxylic acids is 2. The number of amides is 2. The van der Waals surface area contributed by atoms with Gasteiger partial charge in [-0.15, -0.1) is 0 Å². The monoisotopic (exact) mass is 276 g/mol. The van der Waals surface area contributed by atoms with Crippen LogP contribution < -0.4 is 11.6 Å². The summed E-state index contributed by atoms with van der Waals surface area (Å²) in [5.41, 5.74) is 6.43. The molecule has 7 nitrogen and oxygen atoms in total. The smallest absolute Gasteiger partial charge is 0.267 e. The van der Waals surface area contributed by atoms with E-state index in [9.17, 15) is 9.59 Å². The Bertz CT molecular complexity index is 535. The minimum atomic E-state index is -0.463. The number of benzene rings is 1. The SMILES string of the molecule is N/C(=C\N(N)CCCO)N1C(=O)c2ccccc2C1=O. The van der Waals surface area contributed by atoms with Crippen LogP contribution in [0.2, 0.25) is 0 Å². The van der Waals surface area contributed by atoms with Crippen LogP contribution in [-0.2, 0) is 0 Å². The van der Waals surface area contributed by atoms with Gasteiger partial charge in [0.25, 0.3) is 11.8 Å². The van der Waals surface area contributed by atoms with Crippen LogP contribution >= 0.6 is 0 Å². The van der Waals surface area contributed by atoms with Crippen molar-refractivity contribution in [1.29, 1.82) is 0 Å². The van der Waals surface area contributed by atoms with Gasteiger partial charge in [-0.05, 0) is 18.6 Å². The van der Waals surface area contributed by atoms with Gasteiger partial charge in [0.2, 0.25) is 0 Å². The molecule has 5 N–H and O–H groups in total.